The number of nitro groups is 1. The van der Waals surface area contributed by atoms with Crippen LogP contribution in [0, 0.1) is 10.1 Å². The largest absolute Gasteiger partial charge is 0.364 e. The van der Waals surface area contributed by atoms with Gasteiger partial charge in [-0.15, -0.1) is 0 Å². The van der Waals surface area contributed by atoms with Crippen LogP contribution in [0.25, 0.3) is 0 Å². The van der Waals surface area contributed by atoms with E-state index in [9.17, 15) is 14.9 Å². The molecule has 2 fully saturated rings. The second-order valence-corrected chi connectivity index (χ2v) is 7.95. The van der Waals surface area contributed by atoms with E-state index in [-0.39, 0.29) is 22.6 Å². The fraction of sp³-hybridized carbons (Fsp3) is 0.650. The minimum Gasteiger partial charge on any atom is -0.364 e. The molecule has 2 saturated heterocycles. The Hall–Kier alpha value is -2.19. The Morgan fingerprint density at radius 2 is 1.96 bits per heavy atom. The number of rotatable bonds is 6. The molecule has 28 heavy (non-hydrogen) atoms. The zero-order valence-electron chi connectivity index (χ0n) is 17.1. The molecule has 154 valence electrons. The minimum absolute atomic E-state index is 0.00728. The highest BCUT2D eigenvalue weighted by Crippen LogP contribution is 2.33. The van der Waals surface area contributed by atoms with Crippen LogP contribution in [-0.4, -0.2) is 78.5 Å². The van der Waals surface area contributed by atoms with E-state index in [4.69, 9.17) is 0 Å². The molecule has 8 nitrogen and oxygen atoms in total. The fourth-order valence-electron chi connectivity index (χ4n) is 4.13. The van der Waals surface area contributed by atoms with Crippen molar-refractivity contribution in [2.24, 2.45) is 0 Å². The lowest BCUT2D eigenvalue weighted by Crippen LogP contribution is -2.50. The molecule has 0 saturated carbocycles. The van der Waals surface area contributed by atoms with Gasteiger partial charge in [0.05, 0.1) is 4.92 Å². The van der Waals surface area contributed by atoms with Crippen LogP contribution < -0.4 is 10.2 Å². The maximum atomic E-state index is 12.2. The summed E-state index contributed by atoms with van der Waals surface area (Å²) in [7, 11) is 0. The van der Waals surface area contributed by atoms with E-state index >= 15 is 0 Å². The summed E-state index contributed by atoms with van der Waals surface area (Å²) in [5, 5.41) is 14.4. The lowest BCUT2D eigenvalue weighted by Gasteiger charge is -2.37. The van der Waals surface area contributed by atoms with Gasteiger partial charge in [0.2, 0.25) is 0 Å². The van der Waals surface area contributed by atoms with E-state index in [0.717, 1.165) is 52.2 Å². The van der Waals surface area contributed by atoms with Gasteiger partial charge in [-0.25, -0.2) is 0 Å². The third-order valence-electron chi connectivity index (χ3n) is 5.73. The molecule has 0 radical (unpaired) electrons. The highest BCUT2D eigenvalue weighted by Gasteiger charge is 2.32. The Balaban J connectivity index is 1.71. The Morgan fingerprint density at radius 1 is 1.25 bits per heavy atom. The smallest absolute Gasteiger partial charge is 0.293 e. The maximum Gasteiger partial charge on any atom is 0.293 e. The van der Waals surface area contributed by atoms with Gasteiger partial charge in [0.25, 0.3) is 11.6 Å². The van der Waals surface area contributed by atoms with E-state index in [1.807, 2.05) is 13.8 Å². The number of likely N-dealkylation sites (N-methyl/N-ethyl adjacent to an activating group) is 1. The molecule has 2 aliphatic rings. The number of nitrogens with one attached hydrogen (secondary N) is 1. The molecular weight excluding hydrogens is 358 g/mol. The molecular formula is C20H31N5O3. The first kappa shape index (κ1) is 20.5. The zero-order valence-corrected chi connectivity index (χ0v) is 17.1. The maximum absolute atomic E-state index is 12.2. The van der Waals surface area contributed by atoms with Crippen molar-refractivity contribution in [1.29, 1.82) is 0 Å². The van der Waals surface area contributed by atoms with Crippen LogP contribution in [0.1, 0.15) is 37.6 Å². The standard InChI is InChI=1S/C20H31N5O3/c1-4-22-9-11-23(12-10-22)17-7-8-24(14-17)18-6-5-16(13-19(18)25(27)28)20(26)21-15(2)3/h5-6,13,15,17H,4,7-12,14H2,1-3H3,(H,21,26). The SMILES string of the molecule is CCN1CCN(C2CCN(c3ccc(C(=O)NC(C)C)cc3[N+](=O)[O-])C2)CC1. The lowest BCUT2D eigenvalue weighted by molar-refractivity contribution is -0.384. The first-order valence-corrected chi connectivity index (χ1v) is 10.2. The molecule has 0 aliphatic carbocycles. The summed E-state index contributed by atoms with van der Waals surface area (Å²) in [4.78, 5) is 30.6. The summed E-state index contributed by atoms with van der Waals surface area (Å²) in [6, 6.07) is 5.24. The van der Waals surface area contributed by atoms with Crippen molar-refractivity contribution in [3.05, 3.63) is 33.9 Å². The van der Waals surface area contributed by atoms with E-state index in [0.29, 0.717) is 17.3 Å². The van der Waals surface area contributed by atoms with E-state index in [1.165, 1.54) is 6.07 Å². The van der Waals surface area contributed by atoms with Crippen LogP contribution in [0.4, 0.5) is 11.4 Å². The molecule has 8 heteroatoms. The molecule has 1 N–H and O–H groups in total. The van der Waals surface area contributed by atoms with Gasteiger partial charge in [-0.1, -0.05) is 6.92 Å². The molecule has 0 aromatic heterocycles. The molecule has 0 bridgehead atoms. The van der Waals surface area contributed by atoms with Gasteiger partial charge in [0, 0.05) is 63.0 Å². The predicted molar refractivity (Wildman–Crippen MR) is 110 cm³/mol. The topological polar surface area (TPSA) is 82.0 Å². The normalized spacial score (nSPS) is 21.3. The third kappa shape index (κ3) is 4.62. The van der Waals surface area contributed by atoms with Gasteiger partial charge in [-0.05, 0) is 38.9 Å². The number of carbonyl (C=O) groups excluding carboxylic acids is 1. The van der Waals surface area contributed by atoms with E-state index in [1.54, 1.807) is 12.1 Å². The highest BCUT2D eigenvalue weighted by atomic mass is 16.6. The van der Waals surface area contributed by atoms with Crippen molar-refractivity contribution < 1.29 is 9.72 Å². The third-order valence-corrected chi connectivity index (χ3v) is 5.73. The summed E-state index contributed by atoms with van der Waals surface area (Å²) in [6.07, 6.45) is 1.01. The molecule has 2 heterocycles. The first-order valence-electron chi connectivity index (χ1n) is 10.2. The number of amides is 1. The predicted octanol–water partition coefficient (Wildman–Crippen LogP) is 1.95. The zero-order chi connectivity index (χ0) is 20.3. The second-order valence-electron chi connectivity index (χ2n) is 7.95. The molecule has 1 aromatic carbocycles. The van der Waals surface area contributed by atoms with Crippen LogP contribution in [0.15, 0.2) is 18.2 Å². The average molecular weight is 390 g/mol. The summed E-state index contributed by atoms with van der Waals surface area (Å²) < 4.78 is 0. The van der Waals surface area contributed by atoms with Gasteiger partial charge in [0.1, 0.15) is 5.69 Å². The van der Waals surface area contributed by atoms with E-state index < -0.39 is 0 Å². The first-order chi connectivity index (χ1) is 13.4. The number of piperazine rings is 1. The van der Waals surface area contributed by atoms with Gasteiger partial charge in [-0.3, -0.25) is 19.8 Å². The van der Waals surface area contributed by atoms with Crippen molar-refractivity contribution in [2.45, 2.75) is 39.3 Å². The number of benzene rings is 1. The quantitative estimate of drug-likeness (QED) is 0.592. The van der Waals surface area contributed by atoms with Crippen LogP contribution in [-0.2, 0) is 0 Å². The fourth-order valence-corrected chi connectivity index (χ4v) is 4.13. The van der Waals surface area contributed by atoms with Gasteiger partial charge < -0.3 is 15.1 Å². The molecule has 1 aromatic rings. The number of nitro benzene ring substituents is 1. The monoisotopic (exact) mass is 389 g/mol. The lowest BCUT2D eigenvalue weighted by atomic mass is 10.1. The summed E-state index contributed by atoms with van der Waals surface area (Å²) in [6.45, 7) is 12.9. The van der Waals surface area contributed by atoms with Crippen LogP contribution in [0.5, 0.6) is 0 Å². The van der Waals surface area contributed by atoms with Crippen LogP contribution >= 0.6 is 0 Å². The molecule has 2 aliphatic heterocycles. The van der Waals surface area contributed by atoms with Crippen molar-refractivity contribution >= 4 is 17.3 Å². The van der Waals surface area contributed by atoms with Gasteiger partial charge in [0.15, 0.2) is 0 Å². The highest BCUT2D eigenvalue weighted by molar-refractivity contribution is 5.96. The van der Waals surface area contributed by atoms with Crippen LogP contribution in [0.3, 0.4) is 0 Å². The molecule has 1 atom stereocenters. The Bertz CT molecular complexity index is 716. The average Bonchev–Trinajstić information content (AvgIpc) is 3.17. The van der Waals surface area contributed by atoms with Crippen molar-refractivity contribution in [2.75, 3.05) is 50.7 Å². The molecule has 3 rings (SSSR count). The summed E-state index contributed by atoms with van der Waals surface area (Å²) in [5.41, 5.74) is 0.948. The van der Waals surface area contributed by atoms with Crippen molar-refractivity contribution in [3.8, 4) is 0 Å². The van der Waals surface area contributed by atoms with Gasteiger partial charge >= 0.3 is 0 Å². The number of anilines is 1. The second kappa shape index (κ2) is 8.87. The summed E-state index contributed by atoms with van der Waals surface area (Å²) in [5.74, 6) is -0.280. The molecule has 1 amide bonds. The molecule has 1 unspecified atom stereocenters. The number of hydrogen-bond acceptors (Lipinski definition) is 6. The number of hydrogen-bond donors (Lipinski definition) is 1. The van der Waals surface area contributed by atoms with Crippen molar-refractivity contribution in [1.82, 2.24) is 15.1 Å². The van der Waals surface area contributed by atoms with Crippen molar-refractivity contribution in [3.63, 3.8) is 0 Å². The van der Waals surface area contributed by atoms with E-state index in [2.05, 4.69) is 26.9 Å². The Morgan fingerprint density at radius 3 is 2.57 bits per heavy atom. The minimum atomic E-state index is -0.380. The molecule has 0 spiro atoms. The number of nitrogens with zero attached hydrogens (tertiary/aromatic N) is 4. The van der Waals surface area contributed by atoms with Crippen LogP contribution in [0.2, 0.25) is 0 Å². The summed E-state index contributed by atoms with van der Waals surface area (Å²) >= 11 is 0. The van der Waals surface area contributed by atoms with Gasteiger partial charge in [-0.2, -0.15) is 0 Å². The Labute approximate surface area is 166 Å². The number of carbonyl (C=O) groups is 1. The Kier molecular flexibility index (Phi) is 6.51.